The maximum Gasteiger partial charge on any atom is 0.288 e. The van der Waals surface area contributed by atoms with Gasteiger partial charge in [0.1, 0.15) is 5.02 Å². The molecule has 1 amide bonds. The Morgan fingerprint density at radius 2 is 2.29 bits per heavy atom. The lowest BCUT2D eigenvalue weighted by molar-refractivity contribution is -0.384. The predicted molar refractivity (Wildman–Crippen MR) is 65.0 cm³/mol. The van der Waals surface area contributed by atoms with Gasteiger partial charge < -0.3 is 11.1 Å². The van der Waals surface area contributed by atoms with Gasteiger partial charge in [0.2, 0.25) is 5.91 Å². The van der Waals surface area contributed by atoms with E-state index in [-0.39, 0.29) is 16.6 Å². The fraction of sp³-hybridized carbons (Fsp3) is 0.300. The minimum atomic E-state index is -0.607. The van der Waals surface area contributed by atoms with Gasteiger partial charge in [0.05, 0.1) is 11.0 Å². The monoisotopic (exact) mass is 257 g/mol. The van der Waals surface area contributed by atoms with Crippen molar-refractivity contribution in [3.05, 3.63) is 33.3 Å². The van der Waals surface area contributed by atoms with Gasteiger partial charge in [-0.15, -0.1) is 0 Å². The van der Waals surface area contributed by atoms with Gasteiger partial charge in [-0.2, -0.15) is 0 Å². The van der Waals surface area contributed by atoms with Crippen LogP contribution in [0.3, 0.4) is 0 Å². The highest BCUT2D eigenvalue weighted by Gasteiger charge is 2.15. The summed E-state index contributed by atoms with van der Waals surface area (Å²) in [5, 5.41) is 13.0. The van der Waals surface area contributed by atoms with E-state index in [0.29, 0.717) is 12.1 Å². The number of rotatable bonds is 4. The number of halogens is 1. The number of hydrogen-bond donors (Lipinski definition) is 2. The van der Waals surface area contributed by atoms with Gasteiger partial charge in [-0.05, 0) is 18.6 Å². The molecule has 0 heterocycles. The molecule has 7 heteroatoms. The van der Waals surface area contributed by atoms with Crippen LogP contribution in [0.2, 0.25) is 5.02 Å². The summed E-state index contributed by atoms with van der Waals surface area (Å²) >= 11 is 5.70. The molecular weight excluding hydrogens is 246 g/mol. The summed E-state index contributed by atoms with van der Waals surface area (Å²) in [7, 11) is 0. The van der Waals surface area contributed by atoms with E-state index in [2.05, 4.69) is 5.32 Å². The van der Waals surface area contributed by atoms with E-state index in [1.165, 1.54) is 18.2 Å². The first-order valence-corrected chi connectivity index (χ1v) is 5.34. The van der Waals surface area contributed by atoms with Crippen LogP contribution in [0, 0.1) is 10.1 Å². The summed E-state index contributed by atoms with van der Waals surface area (Å²) in [5.41, 5.74) is 5.71. The highest BCUT2D eigenvalue weighted by molar-refractivity contribution is 6.33. The Morgan fingerprint density at radius 3 is 2.76 bits per heavy atom. The zero-order chi connectivity index (χ0) is 13.0. The van der Waals surface area contributed by atoms with Gasteiger partial charge in [0.15, 0.2) is 0 Å². The Kier molecular flexibility index (Phi) is 4.42. The average Bonchev–Trinajstić information content (AvgIpc) is 2.27. The second-order valence-corrected chi connectivity index (χ2v) is 3.83. The number of hydrogen-bond acceptors (Lipinski definition) is 4. The zero-order valence-corrected chi connectivity index (χ0v) is 9.90. The molecule has 1 unspecified atom stereocenters. The second-order valence-electron chi connectivity index (χ2n) is 3.43. The molecule has 1 aromatic carbocycles. The quantitative estimate of drug-likeness (QED) is 0.636. The van der Waals surface area contributed by atoms with Crippen molar-refractivity contribution in [3.63, 3.8) is 0 Å². The van der Waals surface area contributed by atoms with Crippen molar-refractivity contribution in [2.24, 2.45) is 5.73 Å². The third kappa shape index (κ3) is 3.40. The van der Waals surface area contributed by atoms with Crippen molar-refractivity contribution in [1.29, 1.82) is 0 Å². The van der Waals surface area contributed by atoms with E-state index in [1.54, 1.807) is 6.92 Å². The summed E-state index contributed by atoms with van der Waals surface area (Å²) in [6.07, 6.45) is 0.506. The number of anilines is 1. The van der Waals surface area contributed by atoms with Gasteiger partial charge >= 0.3 is 0 Å². The number of nitrogens with one attached hydrogen (secondary N) is 1. The first kappa shape index (κ1) is 13.4. The summed E-state index contributed by atoms with van der Waals surface area (Å²) in [5.74, 6) is -0.350. The van der Waals surface area contributed by atoms with Crippen LogP contribution in [0.25, 0.3) is 0 Å². The molecule has 17 heavy (non-hydrogen) atoms. The molecule has 6 nitrogen and oxygen atoms in total. The Labute approximate surface area is 103 Å². The number of benzene rings is 1. The maximum absolute atomic E-state index is 11.5. The Bertz CT molecular complexity index is 450. The molecule has 0 aliphatic rings. The van der Waals surface area contributed by atoms with Crippen LogP contribution in [0.1, 0.15) is 13.3 Å². The largest absolute Gasteiger partial charge is 0.325 e. The van der Waals surface area contributed by atoms with Crippen molar-refractivity contribution in [3.8, 4) is 0 Å². The lowest BCUT2D eigenvalue weighted by Crippen LogP contribution is -2.34. The molecule has 0 bridgehead atoms. The molecule has 92 valence electrons. The highest BCUT2D eigenvalue weighted by atomic mass is 35.5. The Hall–Kier alpha value is -1.66. The van der Waals surface area contributed by atoms with Gasteiger partial charge in [-0.1, -0.05) is 18.5 Å². The molecule has 0 saturated carbocycles. The summed E-state index contributed by atoms with van der Waals surface area (Å²) in [4.78, 5) is 21.4. The third-order valence-corrected chi connectivity index (χ3v) is 2.49. The van der Waals surface area contributed by atoms with E-state index >= 15 is 0 Å². The molecule has 0 aliphatic carbocycles. The number of carbonyl (C=O) groups excluding carboxylic acids is 1. The minimum absolute atomic E-state index is 0.0298. The Morgan fingerprint density at radius 1 is 1.65 bits per heavy atom. The standard InChI is InChI=1S/C10H12ClN3O3/c1-2-8(12)10(15)13-6-3-4-9(14(16)17)7(11)5-6/h3-5,8H,2,12H2,1H3,(H,13,15). The highest BCUT2D eigenvalue weighted by Crippen LogP contribution is 2.27. The molecule has 0 aliphatic heterocycles. The van der Waals surface area contributed by atoms with E-state index in [0.717, 1.165) is 0 Å². The molecule has 0 fully saturated rings. The average molecular weight is 258 g/mol. The van der Waals surface area contributed by atoms with Crippen LogP contribution in [0.15, 0.2) is 18.2 Å². The van der Waals surface area contributed by atoms with Crippen molar-refractivity contribution in [2.75, 3.05) is 5.32 Å². The molecule has 1 atom stereocenters. The van der Waals surface area contributed by atoms with Crippen molar-refractivity contribution < 1.29 is 9.72 Å². The lowest BCUT2D eigenvalue weighted by atomic mass is 10.2. The molecule has 3 N–H and O–H groups in total. The molecule has 1 rings (SSSR count). The van der Waals surface area contributed by atoms with Crippen molar-refractivity contribution in [2.45, 2.75) is 19.4 Å². The molecular formula is C10H12ClN3O3. The normalized spacial score (nSPS) is 11.9. The number of amides is 1. The topological polar surface area (TPSA) is 98.3 Å². The third-order valence-electron chi connectivity index (χ3n) is 2.19. The van der Waals surface area contributed by atoms with Gasteiger partial charge in [0, 0.05) is 11.8 Å². The maximum atomic E-state index is 11.5. The second kappa shape index (κ2) is 5.60. The fourth-order valence-electron chi connectivity index (χ4n) is 1.15. The number of carbonyl (C=O) groups is 1. The van der Waals surface area contributed by atoms with Crippen LogP contribution in [0.5, 0.6) is 0 Å². The van der Waals surface area contributed by atoms with Gasteiger partial charge in [-0.3, -0.25) is 14.9 Å². The summed E-state index contributed by atoms with van der Waals surface area (Å²) in [6, 6.07) is 3.35. The molecule has 0 spiro atoms. The van der Waals surface area contributed by atoms with Crippen LogP contribution in [-0.4, -0.2) is 16.9 Å². The number of nitro groups is 1. The van der Waals surface area contributed by atoms with Crippen LogP contribution < -0.4 is 11.1 Å². The van der Waals surface area contributed by atoms with E-state index in [4.69, 9.17) is 17.3 Å². The van der Waals surface area contributed by atoms with Crippen LogP contribution in [-0.2, 0) is 4.79 Å². The molecule has 0 aromatic heterocycles. The lowest BCUT2D eigenvalue weighted by Gasteiger charge is -2.10. The van der Waals surface area contributed by atoms with E-state index in [1.807, 2.05) is 0 Å². The first-order chi connectivity index (χ1) is 7.95. The fourth-order valence-corrected chi connectivity index (χ4v) is 1.40. The molecule has 1 aromatic rings. The molecule has 0 saturated heterocycles. The number of nitrogens with zero attached hydrogens (tertiary/aromatic N) is 1. The first-order valence-electron chi connectivity index (χ1n) is 4.96. The van der Waals surface area contributed by atoms with Gasteiger partial charge in [-0.25, -0.2) is 0 Å². The van der Waals surface area contributed by atoms with Crippen LogP contribution in [0.4, 0.5) is 11.4 Å². The van der Waals surface area contributed by atoms with Crippen molar-refractivity contribution >= 4 is 28.9 Å². The zero-order valence-electron chi connectivity index (χ0n) is 9.14. The predicted octanol–water partition coefficient (Wildman–Crippen LogP) is 1.92. The summed E-state index contributed by atoms with van der Waals surface area (Å²) in [6.45, 7) is 1.78. The Balaban J connectivity index is 2.84. The summed E-state index contributed by atoms with van der Waals surface area (Å²) < 4.78 is 0. The van der Waals surface area contributed by atoms with E-state index < -0.39 is 11.0 Å². The number of nitrogens with two attached hydrogens (primary N) is 1. The SMILES string of the molecule is CCC(N)C(=O)Nc1ccc([N+](=O)[O-])c(Cl)c1. The minimum Gasteiger partial charge on any atom is -0.325 e. The van der Waals surface area contributed by atoms with Gasteiger partial charge in [0.25, 0.3) is 5.69 Å². The number of nitro benzene ring substituents is 1. The van der Waals surface area contributed by atoms with E-state index in [9.17, 15) is 14.9 Å². The molecule has 0 radical (unpaired) electrons. The van der Waals surface area contributed by atoms with Crippen molar-refractivity contribution in [1.82, 2.24) is 0 Å². The smallest absolute Gasteiger partial charge is 0.288 e. The van der Waals surface area contributed by atoms with Crippen LogP contribution >= 0.6 is 11.6 Å².